The number of phenolic OH excluding ortho intramolecular Hbond substituents is 3. The second-order valence-corrected chi connectivity index (χ2v) is 37.2. The minimum Gasteiger partial charge on any atom is -0.508 e. The number of carbonyl (C=O) groups excluding carboxylic acids is 9. The molecule has 11 bridgehead atoms. The van der Waals surface area contributed by atoms with Gasteiger partial charge in [0.1, 0.15) is 95.5 Å². The van der Waals surface area contributed by atoms with Gasteiger partial charge in [-0.2, -0.15) is 0 Å². The number of hydrogen-bond acceptors (Lipinski definition) is 31. The molecule has 0 unspecified atom stereocenters. The Bertz CT molecular complexity index is 5180. The fraction of sp³-hybridized carbons (Fsp3) is 0.487. The fourth-order valence-corrected chi connectivity index (χ4v) is 18.1. The van der Waals surface area contributed by atoms with Gasteiger partial charge >= 0.3 is 21.2 Å². The smallest absolute Gasteiger partial charge is 0.360 e. The van der Waals surface area contributed by atoms with E-state index in [4.69, 9.17) is 78.3 Å². The molecule has 13 rings (SSSR count). The van der Waals surface area contributed by atoms with E-state index in [9.17, 15) is 98.9 Å². The number of nitrogens with one attached hydrogen (secondary N) is 7. The molecule has 692 valence electrons. The first-order valence-corrected chi connectivity index (χ1v) is 43.4. The first-order valence-electron chi connectivity index (χ1n) is 39.3. The number of primary amides is 1. The van der Waals surface area contributed by atoms with Gasteiger partial charge in [-0.15, -0.1) is 0 Å². The predicted octanol–water partition coefficient (Wildman–Crippen LogP) is -0.882. The molecule has 0 saturated carbocycles. The molecule has 49 heteroatoms. The number of amides is 9. The fourth-order valence-electron chi connectivity index (χ4n) is 15.5. The average molecular weight is 1870 g/mol. The van der Waals surface area contributed by atoms with Crippen molar-refractivity contribution in [3.63, 3.8) is 0 Å². The molecule has 0 radical (unpaired) electrons. The zero-order chi connectivity index (χ0) is 93.6. The summed E-state index contributed by atoms with van der Waals surface area (Å²) >= 11 is 14.5. The van der Waals surface area contributed by atoms with Crippen LogP contribution < -0.4 is 68.6 Å². The van der Waals surface area contributed by atoms with Gasteiger partial charge in [-0.05, 0) is 117 Å². The monoisotopic (exact) mass is 1860 g/mol. The van der Waals surface area contributed by atoms with Crippen molar-refractivity contribution >= 4 is 97.5 Å². The number of aliphatic hydroxyl groups excluding tert-OH is 6. The summed E-state index contributed by atoms with van der Waals surface area (Å²) < 4.78 is 75.6. The van der Waals surface area contributed by atoms with Crippen molar-refractivity contribution in [2.45, 2.75) is 219 Å². The lowest BCUT2D eigenvalue weighted by Gasteiger charge is -2.47. The van der Waals surface area contributed by atoms with E-state index in [1.54, 1.807) is 13.8 Å². The topological polar surface area (TPSA) is 727 Å². The van der Waals surface area contributed by atoms with Crippen molar-refractivity contribution in [3.8, 4) is 57.1 Å². The number of ether oxygens (including phenoxy) is 8. The number of carboxylic acid groups (broad SMARTS) is 1. The number of halogens is 2. The third-order valence-electron chi connectivity index (χ3n) is 22.1. The number of aliphatic carboxylic acids is 1. The van der Waals surface area contributed by atoms with Crippen LogP contribution >= 0.6 is 38.4 Å². The van der Waals surface area contributed by atoms with Crippen molar-refractivity contribution in [2.75, 3.05) is 13.7 Å². The maximum absolute atomic E-state index is 16.5. The third kappa shape index (κ3) is 21.9. The molecule has 0 aromatic heterocycles. The normalized spacial score (nSPS) is 29.7. The standard InChI is InChI=1S/C78H97Cl2N11O34P2/c1-28(2)16-41(91(7)51(98)15-14-50(97)85-76(126(112,113)114)127(115,116)117)69(105)89-58-60(99)32-9-12-44(38(79)18-32)120-46-20-34-21-47(64(46)125-75-65(62(101)61(100)48(27-92)122-75)124-53-26-78(6,83)67(103)30(4)119-53)121-45-13-10-33(19-39(45)80)63(123-52-25-77(5,82)66(102)29(3)118-52)59-73(109)88-57(74(110)111)37-22-35(93)23-43(95)54(37)36-17-31(8-11-42(36)94)55(70(106)90-59)87-71(107)56(34)86-68(104)40(24-49(81)96)84-72(58)108/h8-13,17-23,28-30,40-41,48,52-53,55-63,65-67,75-76,92-95,99-103H,14-16,24-27,82-83H2,1-7H3,(H2,81,96)(H,84,108)(H,85,97)(H,86,104)(H,87,107)(H,88,109)(H,89,105)(H,90,106)(H,110,111)(H2,112,113,114)(H2,115,116,117)/t29-,30-,40-,41+,48+,52-,53-,55+,56+,57-,58+,59-,60+,61+,62-,63+,65+,66-,67-,75-,77-,78-/m0/s1. The Hall–Kier alpha value is -10.0. The molecule has 3 saturated heterocycles. The number of carboxylic acids is 1. The van der Waals surface area contributed by atoms with E-state index in [0.29, 0.717) is 0 Å². The van der Waals surface area contributed by atoms with Gasteiger partial charge in [-0.3, -0.25) is 52.3 Å². The molecular weight excluding hydrogens is 1770 g/mol. The van der Waals surface area contributed by atoms with E-state index in [0.717, 1.165) is 84.7 Å². The number of phenols is 3. The highest BCUT2D eigenvalue weighted by atomic mass is 35.5. The second-order valence-electron chi connectivity index (χ2n) is 32.6. The maximum atomic E-state index is 16.5. The molecule has 22 atom stereocenters. The van der Waals surface area contributed by atoms with E-state index >= 15 is 28.8 Å². The molecule has 8 aliphatic heterocycles. The van der Waals surface area contributed by atoms with Gasteiger partial charge < -0.3 is 168 Å². The van der Waals surface area contributed by atoms with Crippen LogP contribution in [0.2, 0.25) is 10.0 Å². The van der Waals surface area contributed by atoms with Crippen molar-refractivity contribution < 1.29 is 166 Å². The first-order chi connectivity index (χ1) is 59.2. The molecular formula is C78H97Cl2N11O34P2. The van der Waals surface area contributed by atoms with Gasteiger partial charge in [0.25, 0.3) is 0 Å². The Labute approximate surface area is 731 Å². The number of fused-ring (bicyclic) bond motifs is 15. The number of rotatable bonds is 21. The van der Waals surface area contributed by atoms with E-state index in [2.05, 4.69) is 31.9 Å². The molecule has 8 aliphatic rings. The molecule has 0 aliphatic carbocycles. The number of nitrogens with zero attached hydrogens (tertiary/aromatic N) is 1. The summed E-state index contributed by atoms with van der Waals surface area (Å²) in [5.74, 6) is -21.0. The number of likely N-dealkylation sites (N-methyl/N-ethyl adjacent to an activating group) is 1. The van der Waals surface area contributed by atoms with Crippen molar-refractivity contribution in [1.29, 1.82) is 0 Å². The largest absolute Gasteiger partial charge is 0.508 e. The molecule has 3 fully saturated rings. The van der Waals surface area contributed by atoms with Crippen LogP contribution in [0.5, 0.6) is 46.0 Å². The Balaban J connectivity index is 1.14. The van der Waals surface area contributed by atoms with Crippen LogP contribution in [0.25, 0.3) is 11.1 Å². The van der Waals surface area contributed by atoms with Crippen molar-refractivity contribution in [2.24, 2.45) is 23.1 Å². The number of hydrogen-bond donors (Lipinski definition) is 24. The van der Waals surface area contributed by atoms with Crippen LogP contribution in [-0.2, 0) is 80.8 Å². The SMILES string of the molecule is CC(C)C[C@H](C(=O)N[C@H]1C(=O)N[C@@H](CC(N)=O)C(=O)N[C@H]2C(=O)N[C@H]3C(=O)N[C@H](C(=O)N[C@H](C(=O)O)c4cc(O)cc(O)c4-c4cc3ccc4O)[C@H](O[C@H]3C[C@](C)(N)[C@@H](O)[C@H](C)O3)c3ccc(c(Cl)c3)Oc3cc2cc(c3O[C@@H]2O[C@H](CO)[C@@H](O)[C@H](O)[C@H]2O[C@H]2C[C@](C)(N)[C@@H](O)[C@H](C)O2)Oc2ccc(cc2Cl)[C@H]1O)N(C)C(=O)CCC(=O)NC(P(=O)(O)O)P(=O)(O)O. The van der Waals surface area contributed by atoms with Crippen LogP contribution in [0, 0.1) is 5.92 Å². The van der Waals surface area contributed by atoms with Gasteiger partial charge in [-0.25, -0.2) is 4.79 Å². The van der Waals surface area contributed by atoms with Crippen molar-refractivity contribution in [1.82, 2.24) is 42.1 Å². The number of aliphatic hydroxyl groups is 6. The molecule has 5 aromatic carbocycles. The van der Waals surface area contributed by atoms with E-state index in [1.165, 1.54) is 39.1 Å². The van der Waals surface area contributed by atoms with Gasteiger partial charge in [0.05, 0.1) is 47.5 Å². The number of benzene rings is 5. The molecule has 5 aromatic rings. The summed E-state index contributed by atoms with van der Waals surface area (Å²) in [6.07, 6.45) is -26.6. The van der Waals surface area contributed by atoms with E-state index in [-0.39, 0.29) is 24.0 Å². The predicted molar refractivity (Wildman–Crippen MR) is 435 cm³/mol. The minimum atomic E-state index is -5.73. The van der Waals surface area contributed by atoms with Crippen molar-refractivity contribution in [3.05, 3.63) is 117 Å². The molecule has 8 heterocycles. The summed E-state index contributed by atoms with van der Waals surface area (Å²) in [6, 6.07) is -3.12. The van der Waals surface area contributed by atoms with Crippen LogP contribution in [0.15, 0.2) is 78.9 Å². The Kier molecular flexibility index (Phi) is 29.7. The molecule has 9 amide bonds. The third-order valence-corrected chi connectivity index (χ3v) is 26.0. The highest BCUT2D eigenvalue weighted by Gasteiger charge is 2.53. The van der Waals surface area contributed by atoms with Crippen LogP contribution in [0.1, 0.15) is 138 Å². The van der Waals surface area contributed by atoms with Gasteiger partial charge in [-0.1, -0.05) is 55.2 Å². The van der Waals surface area contributed by atoms with Crippen LogP contribution in [-0.4, -0.2) is 257 Å². The molecule has 27 N–H and O–H groups in total. The quantitative estimate of drug-likeness (QED) is 0.0397. The minimum absolute atomic E-state index is 0.214. The molecule has 0 spiro atoms. The Morgan fingerprint density at radius 2 is 1.20 bits per heavy atom. The van der Waals surface area contributed by atoms with Crippen LogP contribution in [0.4, 0.5) is 0 Å². The van der Waals surface area contributed by atoms with Gasteiger partial charge in [0, 0.05) is 66.6 Å². The van der Waals surface area contributed by atoms with E-state index < -0.39 is 335 Å². The lowest BCUT2D eigenvalue weighted by Crippen LogP contribution is -2.64. The number of aromatic hydroxyl groups is 3. The zero-order valence-corrected chi connectivity index (χ0v) is 71.7. The lowest BCUT2D eigenvalue weighted by molar-refractivity contribution is -0.333. The average Bonchev–Trinajstić information content (AvgIpc) is 0.777. The van der Waals surface area contributed by atoms with Gasteiger partial charge in [0.15, 0.2) is 36.2 Å². The molecule has 127 heavy (non-hydrogen) atoms. The zero-order valence-electron chi connectivity index (χ0n) is 68.4. The second kappa shape index (κ2) is 38.7. The molecule has 45 nitrogen and oxygen atoms in total. The highest BCUT2D eigenvalue weighted by Crippen LogP contribution is 2.59. The summed E-state index contributed by atoms with van der Waals surface area (Å²) in [5.41, 5.74) is 9.58. The Morgan fingerprint density at radius 3 is 1.76 bits per heavy atom. The summed E-state index contributed by atoms with van der Waals surface area (Å²) in [6.45, 7) is 7.89. The number of nitrogens with two attached hydrogens (primary N) is 3. The maximum Gasteiger partial charge on any atom is 0.360 e. The Morgan fingerprint density at radius 1 is 0.654 bits per heavy atom. The summed E-state index contributed by atoms with van der Waals surface area (Å²) in [5, 5.41) is 130. The highest BCUT2D eigenvalue weighted by molar-refractivity contribution is 7.70. The van der Waals surface area contributed by atoms with Gasteiger partial charge in [0.2, 0.25) is 70.7 Å². The van der Waals surface area contributed by atoms with E-state index in [1.807, 2.05) is 0 Å². The number of carbonyl (C=O) groups is 10. The summed E-state index contributed by atoms with van der Waals surface area (Å²) in [7, 11) is -10.4. The first kappa shape index (κ1) is 97.6. The lowest BCUT2D eigenvalue weighted by atomic mass is 9.86. The summed E-state index contributed by atoms with van der Waals surface area (Å²) in [4.78, 5) is 188. The van der Waals surface area contributed by atoms with Crippen LogP contribution in [0.3, 0.4) is 0 Å².